The molecule has 2 aromatic heterocycles. The molecule has 1 atom stereocenters. The summed E-state index contributed by atoms with van der Waals surface area (Å²) in [4.78, 5) is 4.89. The number of aromatic nitrogens is 6. The van der Waals surface area contributed by atoms with Gasteiger partial charge in [0.05, 0.1) is 16.8 Å². The highest BCUT2D eigenvalue weighted by atomic mass is 35.5. The minimum atomic E-state index is -0.281. The molecule has 3 N–H and O–H groups in total. The van der Waals surface area contributed by atoms with Crippen LogP contribution in [0, 0.1) is 0 Å². The summed E-state index contributed by atoms with van der Waals surface area (Å²) < 4.78 is 8.14. The fourth-order valence-corrected chi connectivity index (χ4v) is 4.70. The zero-order chi connectivity index (χ0) is 26.5. The first kappa shape index (κ1) is 25.9. The van der Waals surface area contributed by atoms with E-state index in [1.807, 2.05) is 66.9 Å². The van der Waals surface area contributed by atoms with Gasteiger partial charge < -0.3 is 15.0 Å². The lowest BCUT2D eigenvalue weighted by Crippen LogP contribution is -2.19. The van der Waals surface area contributed by atoms with Gasteiger partial charge >= 0.3 is 0 Å². The summed E-state index contributed by atoms with van der Waals surface area (Å²) in [5.74, 6) is 2.90. The first-order chi connectivity index (χ1) is 18.5. The lowest BCUT2D eigenvalue weighted by atomic mass is 10.1. The maximum atomic E-state index is 6.68. The molecule has 5 rings (SSSR count). The summed E-state index contributed by atoms with van der Waals surface area (Å²) in [6, 6.07) is 20.7. The number of H-pyrrole nitrogens is 1. The number of aryl methyl sites for hydroxylation is 1. The molecule has 5 aromatic rings. The van der Waals surface area contributed by atoms with Crippen LogP contribution < -0.4 is 10.5 Å². The molecule has 10 heteroatoms. The third kappa shape index (κ3) is 6.05. The summed E-state index contributed by atoms with van der Waals surface area (Å²) in [5, 5.41) is 15.0. The van der Waals surface area contributed by atoms with Crippen LogP contribution >= 0.6 is 23.2 Å². The molecule has 0 radical (unpaired) electrons. The van der Waals surface area contributed by atoms with E-state index in [9.17, 15) is 0 Å². The number of hydrogen-bond donors (Lipinski definition) is 2. The fraction of sp³-hybridized carbons (Fsp3) is 0.214. The maximum Gasteiger partial charge on any atom is 0.179 e. The second kappa shape index (κ2) is 11.8. The van der Waals surface area contributed by atoms with Crippen LogP contribution in [0.3, 0.4) is 0 Å². The number of nitrogens with two attached hydrogens (primary N) is 1. The van der Waals surface area contributed by atoms with Crippen LogP contribution in [0.5, 0.6) is 11.5 Å². The number of nitrogens with one attached hydrogen (secondary N) is 1. The van der Waals surface area contributed by atoms with Gasteiger partial charge in [-0.2, -0.15) is 0 Å². The van der Waals surface area contributed by atoms with Crippen molar-refractivity contribution < 1.29 is 4.74 Å². The van der Waals surface area contributed by atoms with Gasteiger partial charge in [0.25, 0.3) is 0 Å². The van der Waals surface area contributed by atoms with Gasteiger partial charge in [-0.25, -0.2) is 10.1 Å². The Hall–Kier alpha value is -3.72. The number of benzene rings is 3. The number of tetrazole rings is 1. The Bertz CT molecular complexity index is 1480. The van der Waals surface area contributed by atoms with Gasteiger partial charge in [0.1, 0.15) is 17.3 Å². The molecular formula is C28H27Cl2N7O. The summed E-state index contributed by atoms with van der Waals surface area (Å²) >= 11 is 12.5. The van der Waals surface area contributed by atoms with E-state index in [0.717, 1.165) is 59.1 Å². The lowest BCUT2D eigenvalue weighted by Gasteiger charge is -2.14. The second-order valence-electron chi connectivity index (χ2n) is 8.99. The van der Waals surface area contributed by atoms with E-state index in [2.05, 4.69) is 32.1 Å². The van der Waals surface area contributed by atoms with Gasteiger partial charge in [-0.05, 0) is 83.4 Å². The van der Waals surface area contributed by atoms with Crippen molar-refractivity contribution in [1.82, 2.24) is 30.2 Å². The summed E-state index contributed by atoms with van der Waals surface area (Å²) in [5.41, 5.74) is 10.3. The molecule has 0 saturated carbocycles. The Morgan fingerprint density at radius 1 is 1.00 bits per heavy atom. The van der Waals surface area contributed by atoms with E-state index in [-0.39, 0.29) is 6.04 Å². The summed E-state index contributed by atoms with van der Waals surface area (Å²) in [7, 11) is 0. The molecule has 0 unspecified atom stereocenters. The molecule has 0 amide bonds. The zero-order valence-corrected chi connectivity index (χ0v) is 22.3. The highest BCUT2D eigenvalue weighted by Crippen LogP contribution is 2.31. The van der Waals surface area contributed by atoms with E-state index < -0.39 is 0 Å². The van der Waals surface area contributed by atoms with E-state index >= 15 is 0 Å². The SMILES string of the molecule is CCCCn1cc(-c2ccc(Cl)cc2Cl)nc1[C@@H](N)Cc1ccc(Oc2ccc(-c3nnn[nH]3)cc2)cc1. The van der Waals surface area contributed by atoms with Crippen LogP contribution in [0.15, 0.2) is 72.9 Å². The predicted molar refractivity (Wildman–Crippen MR) is 149 cm³/mol. The molecule has 0 aliphatic heterocycles. The normalized spacial score (nSPS) is 12.0. The molecule has 0 aliphatic rings. The van der Waals surface area contributed by atoms with E-state index in [0.29, 0.717) is 22.3 Å². The van der Waals surface area contributed by atoms with Crippen molar-refractivity contribution >= 4 is 23.2 Å². The Morgan fingerprint density at radius 3 is 2.39 bits per heavy atom. The van der Waals surface area contributed by atoms with Gasteiger partial charge in [0.2, 0.25) is 0 Å². The Morgan fingerprint density at radius 2 is 1.74 bits per heavy atom. The number of hydrogen-bond acceptors (Lipinski definition) is 6. The molecule has 0 bridgehead atoms. The number of rotatable bonds is 10. The summed E-state index contributed by atoms with van der Waals surface area (Å²) in [6.45, 7) is 3.01. The molecule has 3 aromatic carbocycles. The Kier molecular flexibility index (Phi) is 8.03. The highest BCUT2D eigenvalue weighted by molar-refractivity contribution is 6.36. The Labute approximate surface area is 230 Å². The smallest absolute Gasteiger partial charge is 0.179 e. The predicted octanol–water partition coefficient (Wildman–Crippen LogP) is 6.87. The van der Waals surface area contributed by atoms with Crippen LogP contribution in [0.25, 0.3) is 22.6 Å². The van der Waals surface area contributed by atoms with Crippen molar-refractivity contribution in [2.45, 2.75) is 38.8 Å². The van der Waals surface area contributed by atoms with Gasteiger partial charge in [-0.3, -0.25) is 0 Å². The molecule has 8 nitrogen and oxygen atoms in total. The van der Waals surface area contributed by atoms with Gasteiger partial charge in [-0.1, -0.05) is 48.7 Å². The average molecular weight is 548 g/mol. The van der Waals surface area contributed by atoms with Crippen molar-refractivity contribution in [3.05, 3.63) is 94.4 Å². The molecule has 0 fully saturated rings. The fourth-order valence-electron chi connectivity index (χ4n) is 4.20. The molecule has 38 heavy (non-hydrogen) atoms. The molecular weight excluding hydrogens is 521 g/mol. The topological polar surface area (TPSA) is 108 Å². The van der Waals surface area contributed by atoms with Crippen molar-refractivity contribution in [3.63, 3.8) is 0 Å². The van der Waals surface area contributed by atoms with Crippen molar-refractivity contribution in [3.8, 4) is 34.1 Å². The molecule has 0 spiro atoms. The second-order valence-corrected chi connectivity index (χ2v) is 9.83. The van der Waals surface area contributed by atoms with E-state index in [4.69, 9.17) is 38.7 Å². The number of aromatic amines is 1. The quantitative estimate of drug-likeness (QED) is 0.197. The minimum absolute atomic E-state index is 0.281. The summed E-state index contributed by atoms with van der Waals surface area (Å²) in [6.07, 6.45) is 4.77. The first-order valence-corrected chi connectivity index (χ1v) is 13.1. The van der Waals surface area contributed by atoms with Gasteiger partial charge in [0.15, 0.2) is 5.82 Å². The van der Waals surface area contributed by atoms with Crippen LogP contribution in [-0.2, 0) is 13.0 Å². The van der Waals surface area contributed by atoms with Crippen molar-refractivity contribution in [2.24, 2.45) is 5.73 Å². The van der Waals surface area contributed by atoms with Crippen LogP contribution in [-0.4, -0.2) is 30.2 Å². The maximum absolute atomic E-state index is 6.68. The number of halogens is 2. The minimum Gasteiger partial charge on any atom is -0.457 e. The third-order valence-electron chi connectivity index (χ3n) is 6.19. The zero-order valence-electron chi connectivity index (χ0n) is 20.8. The first-order valence-electron chi connectivity index (χ1n) is 12.4. The highest BCUT2D eigenvalue weighted by Gasteiger charge is 2.18. The monoisotopic (exact) mass is 547 g/mol. The van der Waals surface area contributed by atoms with E-state index in [1.165, 1.54) is 0 Å². The van der Waals surface area contributed by atoms with E-state index in [1.54, 1.807) is 6.07 Å². The van der Waals surface area contributed by atoms with Crippen LogP contribution in [0.4, 0.5) is 0 Å². The molecule has 0 saturated heterocycles. The van der Waals surface area contributed by atoms with Crippen LogP contribution in [0.2, 0.25) is 10.0 Å². The number of unbranched alkanes of at least 4 members (excludes halogenated alkanes) is 1. The number of imidazole rings is 1. The number of nitrogens with zero attached hydrogens (tertiary/aromatic N) is 5. The van der Waals surface area contributed by atoms with Crippen molar-refractivity contribution in [1.29, 1.82) is 0 Å². The molecule has 194 valence electrons. The lowest BCUT2D eigenvalue weighted by molar-refractivity contribution is 0.482. The Balaban J connectivity index is 1.28. The molecule has 0 aliphatic carbocycles. The standard InChI is InChI=1S/C28H27Cl2N7O/c1-2-3-14-37-17-26(23-13-8-20(29)16-24(23)30)32-28(37)25(31)15-18-4-9-21(10-5-18)38-22-11-6-19(7-12-22)27-33-35-36-34-27/h4-13,16-17,25H,2-3,14-15,31H2,1H3,(H,33,34,35,36)/t25-/m0/s1. The largest absolute Gasteiger partial charge is 0.457 e. The third-order valence-corrected chi connectivity index (χ3v) is 6.73. The van der Waals surface area contributed by atoms with Crippen molar-refractivity contribution in [2.75, 3.05) is 0 Å². The van der Waals surface area contributed by atoms with Gasteiger partial charge in [0, 0.05) is 28.9 Å². The average Bonchev–Trinajstić information content (AvgIpc) is 3.60. The molecule has 2 heterocycles. The van der Waals surface area contributed by atoms with Gasteiger partial charge in [-0.15, -0.1) is 5.10 Å². The van der Waals surface area contributed by atoms with Crippen LogP contribution in [0.1, 0.15) is 37.2 Å². The number of ether oxygens (including phenoxy) is 1.